The van der Waals surface area contributed by atoms with E-state index in [4.69, 9.17) is 13.3 Å². The molecule has 0 spiro atoms. The van der Waals surface area contributed by atoms with Gasteiger partial charge in [-0.1, -0.05) is 91.4 Å². The van der Waals surface area contributed by atoms with Crippen LogP contribution in [0.5, 0.6) is 0 Å². The zero-order chi connectivity index (χ0) is 20.9. The monoisotopic (exact) mass is 418 g/mol. The summed E-state index contributed by atoms with van der Waals surface area (Å²) < 4.78 is 17.5. The molecule has 5 nitrogen and oxygen atoms in total. The van der Waals surface area contributed by atoms with E-state index in [1.165, 1.54) is 77.0 Å². The van der Waals surface area contributed by atoms with Crippen molar-refractivity contribution in [3.63, 3.8) is 0 Å². The maximum absolute atomic E-state index is 6.19. The summed E-state index contributed by atoms with van der Waals surface area (Å²) in [5.41, 5.74) is 3.60. The van der Waals surface area contributed by atoms with Crippen LogP contribution >= 0.6 is 0 Å². The van der Waals surface area contributed by atoms with E-state index in [0.717, 1.165) is 25.6 Å². The number of hydrazine groups is 1. The van der Waals surface area contributed by atoms with Gasteiger partial charge in [-0.3, -0.25) is 5.43 Å². The molecule has 6 heteroatoms. The van der Waals surface area contributed by atoms with Gasteiger partial charge in [0, 0.05) is 33.4 Å². The molecule has 0 aliphatic heterocycles. The molecule has 0 aliphatic rings. The number of rotatable bonds is 22. The van der Waals surface area contributed by atoms with Crippen LogP contribution in [0.3, 0.4) is 0 Å². The van der Waals surface area contributed by atoms with Crippen LogP contribution in [0.1, 0.15) is 104 Å². The molecule has 0 atom stereocenters. The van der Waals surface area contributed by atoms with Crippen molar-refractivity contribution in [2.45, 2.75) is 110 Å². The maximum atomic E-state index is 6.19. The molecule has 1 N–H and O–H groups in total. The van der Waals surface area contributed by atoms with Crippen LogP contribution in [0.4, 0.5) is 0 Å². The summed E-state index contributed by atoms with van der Waals surface area (Å²) in [6.07, 6.45) is 16.8. The average molecular weight is 419 g/mol. The molecular formula is C22H50N2O3Si. The van der Waals surface area contributed by atoms with Gasteiger partial charge in [0.15, 0.2) is 0 Å². The molecule has 170 valence electrons. The summed E-state index contributed by atoms with van der Waals surface area (Å²) >= 11 is 0. The summed E-state index contributed by atoms with van der Waals surface area (Å²) in [4.78, 5) is 0. The topological polar surface area (TPSA) is 43.0 Å². The molecule has 0 aromatic carbocycles. The van der Waals surface area contributed by atoms with Crippen LogP contribution in [-0.4, -0.2) is 47.9 Å². The minimum absolute atomic E-state index is 0.540. The van der Waals surface area contributed by atoms with Crippen molar-refractivity contribution in [2.75, 3.05) is 34.0 Å². The van der Waals surface area contributed by atoms with Crippen molar-refractivity contribution in [1.29, 1.82) is 0 Å². The van der Waals surface area contributed by atoms with E-state index in [1.54, 1.807) is 14.2 Å². The summed E-state index contributed by atoms with van der Waals surface area (Å²) in [6.45, 7) is 9.26. The minimum Gasteiger partial charge on any atom is -0.377 e. The second kappa shape index (κ2) is 20.3. The highest BCUT2D eigenvalue weighted by Gasteiger charge is 2.38. The lowest BCUT2D eigenvalue weighted by Gasteiger charge is -2.30. The molecular weight excluding hydrogens is 368 g/mol. The largest absolute Gasteiger partial charge is 0.501 e. The average Bonchev–Trinajstić information content (AvgIpc) is 2.72. The fraction of sp³-hybridized carbons (Fsp3) is 1.00. The van der Waals surface area contributed by atoms with Gasteiger partial charge < -0.3 is 13.3 Å². The predicted octanol–water partition coefficient (Wildman–Crippen LogP) is 6.13. The second-order valence-corrected chi connectivity index (χ2v) is 10.8. The van der Waals surface area contributed by atoms with E-state index >= 15 is 0 Å². The Hall–Kier alpha value is 0.0169. The Morgan fingerprint density at radius 3 is 1.75 bits per heavy atom. The van der Waals surface area contributed by atoms with Gasteiger partial charge in [0.05, 0.1) is 0 Å². The Morgan fingerprint density at radius 1 is 0.679 bits per heavy atom. The van der Waals surface area contributed by atoms with Crippen molar-refractivity contribution in [2.24, 2.45) is 0 Å². The van der Waals surface area contributed by atoms with E-state index in [9.17, 15) is 0 Å². The fourth-order valence-electron chi connectivity index (χ4n) is 3.37. The number of unbranched alkanes of at least 4 members (excludes halogenated alkanes) is 10. The van der Waals surface area contributed by atoms with Gasteiger partial charge in [-0.05, 0) is 12.8 Å². The third kappa shape index (κ3) is 14.9. The quantitative estimate of drug-likeness (QED) is 0.0991. The summed E-state index contributed by atoms with van der Waals surface area (Å²) in [5, 5.41) is 2.24. The first-order valence-corrected chi connectivity index (χ1v) is 13.8. The molecule has 0 unspecified atom stereocenters. The van der Waals surface area contributed by atoms with E-state index in [2.05, 4.69) is 31.2 Å². The molecule has 0 saturated heterocycles. The molecule has 0 aliphatic carbocycles. The standard InChI is InChI=1S/C22H50N2O3Si/c1-6-9-11-13-15-17-19-23-24(20-18-16-14-12-10-7-2)22-27-28(25-4,26-5)21-8-3/h23H,6-22H2,1-5H3. The van der Waals surface area contributed by atoms with Crippen LogP contribution in [0.2, 0.25) is 6.04 Å². The first-order chi connectivity index (χ1) is 13.7. The van der Waals surface area contributed by atoms with E-state index in [1.807, 2.05) is 0 Å². The van der Waals surface area contributed by atoms with Gasteiger partial charge in [0.2, 0.25) is 0 Å². The van der Waals surface area contributed by atoms with Crippen molar-refractivity contribution >= 4 is 8.80 Å². The molecule has 0 fully saturated rings. The lowest BCUT2D eigenvalue weighted by Crippen LogP contribution is -2.49. The third-order valence-electron chi connectivity index (χ3n) is 5.27. The van der Waals surface area contributed by atoms with Crippen LogP contribution in [0.25, 0.3) is 0 Å². The van der Waals surface area contributed by atoms with Gasteiger partial charge in [-0.2, -0.15) is 0 Å². The molecule has 0 saturated carbocycles. The Balaban J connectivity index is 4.29. The predicted molar refractivity (Wildman–Crippen MR) is 122 cm³/mol. The molecule has 0 radical (unpaired) electrons. The Kier molecular flexibility index (Phi) is 20.3. The molecule has 0 aromatic heterocycles. The normalized spacial score (nSPS) is 12.2. The van der Waals surface area contributed by atoms with Gasteiger partial charge >= 0.3 is 8.80 Å². The number of nitrogens with one attached hydrogen (secondary N) is 1. The van der Waals surface area contributed by atoms with E-state index < -0.39 is 8.80 Å². The first-order valence-electron chi connectivity index (χ1n) is 11.9. The van der Waals surface area contributed by atoms with Crippen LogP contribution in [-0.2, 0) is 13.3 Å². The number of hydrogen-bond acceptors (Lipinski definition) is 5. The second-order valence-electron chi connectivity index (χ2n) is 7.82. The first kappa shape index (κ1) is 28.0. The number of hydrogen-bond donors (Lipinski definition) is 1. The highest BCUT2D eigenvalue weighted by atomic mass is 28.4. The third-order valence-corrected chi connectivity index (χ3v) is 8.19. The Morgan fingerprint density at radius 2 is 1.21 bits per heavy atom. The molecule has 0 bridgehead atoms. The van der Waals surface area contributed by atoms with Gasteiger partial charge in [0.1, 0.15) is 6.73 Å². The van der Waals surface area contributed by atoms with Crippen LogP contribution in [0, 0.1) is 0 Å². The molecule has 28 heavy (non-hydrogen) atoms. The highest BCUT2D eigenvalue weighted by molar-refractivity contribution is 6.60. The lowest BCUT2D eigenvalue weighted by atomic mass is 10.1. The van der Waals surface area contributed by atoms with E-state index in [-0.39, 0.29) is 0 Å². The summed E-state index contributed by atoms with van der Waals surface area (Å²) in [5.74, 6) is 0. The van der Waals surface area contributed by atoms with Crippen molar-refractivity contribution < 1.29 is 13.3 Å². The maximum Gasteiger partial charge on any atom is 0.501 e. The van der Waals surface area contributed by atoms with Crippen molar-refractivity contribution in [1.82, 2.24) is 10.4 Å². The minimum atomic E-state index is -2.52. The Labute approximate surface area is 177 Å². The number of nitrogens with zero attached hydrogens (tertiary/aromatic N) is 1. The summed E-state index contributed by atoms with van der Waals surface area (Å²) in [6, 6.07) is 0.863. The lowest BCUT2D eigenvalue weighted by molar-refractivity contribution is 0.0116. The zero-order valence-corrected chi connectivity index (χ0v) is 20.7. The fourth-order valence-corrected chi connectivity index (χ4v) is 5.29. The molecule has 0 rings (SSSR count). The van der Waals surface area contributed by atoms with Gasteiger partial charge in [0.25, 0.3) is 0 Å². The molecule has 0 aromatic rings. The van der Waals surface area contributed by atoms with Gasteiger partial charge in [-0.15, -0.1) is 0 Å². The van der Waals surface area contributed by atoms with Gasteiger partial charge in [-0.25, -0.2) is 5.01 Å². The van der Waals surface area contributed by atoms with Crippen molar-refractivity contribution in [3.8, 4) is 0 Å². The van der Waals surface area contributed by atoms with E-state index in [0.29, 0.717) is 6.73 Å². The zero-order valence-electron chi connectivity index (χ0n) is 19.7. The molecule has 0 heterocycles. The molecule has 0 amide bonds. The van der Waals surface area contributed by atoms with Crippen LogP contribution < -0.4 is 5.43 Å². The SMILES string of the molecule is CCCCCCCCNN(CCCCCCCC)CO[Si](CCC)(OC)OC. The highest BCUT2D eigenvalue weighted by Crippen LogP contribution is 2.16. The van der Waals surface area contributed by atoms with Crippen LogP contribution in [0.15, 0.2) is 0 Å². The smallest absolute Gasteiger partial charge is 0.377 e. The van der Waals surface area contributed by atoms with Crippen molar-refractivity contribution in [3.05, 3.63) is 0 Å². The summed E-state index contributed by atoms with van der Waals surface area (Å²) in [7, 11) is 0.909. The Bertz CT molecular complexity index is 318.